The Bertz CT molecular complexity index is 647. The quantitative estimate of drug-likeness (QED) is 0.829. The molecule has 0 unspecified atom stereocenters. The van der Waals surface area contributed by atoms with E-state index >= 15 is 0 Å². The third-order valence-electron chi connectivity index (χ3n) is 2.43. The smallest absolute Gasteiger partial charge is 0.258 e. The van der Waals surface area contributed by atoms with Crippen molar-refractivity contribution >= 4 is 33.2 Å². The van der Waals surface area contributed by atoms with Gasteiger partial charge in [0, 0.05) is 4.47 Å². The molecule has 98 valence electrons. The Balaban J connectivity index is 2.33. The monoisotopic (exact) mass is 326 g/mol. The van der Waals surface area contributed by atoms with Gasteiger partial charge in [-0.1, -0.05) is 12.1 Å². The number of carbonyl (C=O) groups is 1. The van der Waals surface area contributed by atoms with Gasteiger partial charge in [-0.3, -0.25) is 4.79 Å². The molecule has 0 aliphatic heterocycles. The van der Waals surface area contributed by atoms with Crippen molar-refractivity contribution in [3.05, 3.63) is 58.1 Å². The molecule has 0 bridgehead atoms. The van der Waals surface area contributed by atoms with E-state index in [-0.39, 0.29) is 0 Å². The van der Waals surface area contributed by atoms with Crippen LogP contribution in [-0.2, 0) is 0 Å². The molecule has 0 aliphatic rings. The minimum absolute atomic E-state index is 0.405. The zero-order valence-corrected chi connectivity index (χ0v) is 11.2. The average Bonchev–Trinajstić information content (AvgIpc) is 2.36. The van der Waals surface area contributed by atoms with Crippen molar-refractivity contribution in [2.24, 2.45) is 0 Å². The summed E-state index contributed by atoms with van der Waals surface area (Å²) in [6.07, 6.45) is 0. The predicted octanol–water partition coefficient (Wildman–Crippen LogP) is 3.56. The van der Waals surface area contributed by atoms with Crippen LogP contribution in [0, 0.1) is 11.6 Å². The van der Waals surface area contributed by atoms with Gasteiger partial charge < -0.3 is 11.1 Å². The van der Waals surface area contributed by atoms with Gasteiger partial charge in [0.05, 0.1) is 16.9 Å². The molecule has 19 heavy (non-hydrogen) atoms. The molecule has 0 aliphatic carbocycles. The first-order valence-corrected chi connectivity index (χ1v) is 6.08. The topological polar surface area (TPSA) is 55.1 Å². The fourth-order valence-corrected chi connectivity index (χ4v) is 1.91. The van der Waals surface area contributed by atoms with E-state index in [0.29, 0.717) is 10.2 Å². The molecule has 0 radical (unpaired) electrons. The molecule has 0 spiro atoms. The Morgan fingerprint density at radius 2 is 1.89 bits per heavy atom. The van der Waals surface area contributed by atoms with Crippen LogP contribution >= 0.6 is 15.9 Å². The molecule has 1 amide bonds. The minimum Gasteiger partial charge on any atom is -0.396 e. The van der Waals surface area contributed by atoms with Gasteiger partial charge in [0.1, 0.15) is 5.82 Å². The van der Waals surface area contributed by atoms with E-state index in [1.807, 2.05) is 0 Å². The Morgan fingerprint density at radius 3 is 2.58 bits per heavy atom. The minimum atomic E-state index is -0.939. The van der Waals surface area contributed by atoms with Crippen molar-refractivity contribution in [3.63, 3.8) is 0 Å². The number of para-hydroxylation sites is 1. The lowest BCUT2D eigenvalue weighted by molar-refractivity contribution is 0.102. The van der Waals surface area contributed by atoms with Crippen molar-refractivity contribution in [1.82, 2.24) is 0 Å². The maximum Gasteiger partial charge on any atom is 0.258 e. The van der Waals surface area contributed by atoms with E-state index in [2.05, 4.69) is 21.2 Å². The number of nitrogens with two attached hydrogens (primary N) is 1. The molecular formula is C13H9BrF2N2O. The fourth-order valence-electron chi connectivity index (χ4n) is 1.53. The van der Waals surface area contributed by atoms with Crippen molar-refractivity contribution in [3.8, 4) is 0 Å². The van der Waals surface area contributed by atoms with Gasteiger partial charge in [-0.2, -0.15) is 0 Å². The first kappa shape index (κ1) is 13.5. The normalized spacial score (nSPS) is 10.3. The van der Waals surface area contributed by atoms with Crippen molar-refractivity contribution in [2.75, 3.05) is 11.1 Å². The number of anilines is 2. The standard InChI is InChI=1S/C13H9BrF2N2O/c14-9-3-1-2-4-11(9)18-13(19)8-5-7(15)6-10(17)12(8)16/h1-6H,17H2,(H,18,19). The third kappa shape index (κ3) is 2.90. The molecule has 0 saturated heterocycles. The number of hydrogen-bond acceptors (Lipinski definition) is 2. The van der Waals surface area contributed by atoms with Crippen LogP contribution in [0.5, 0.6) is 0 Å². The second kappa shape index (κ2) is 5.36. The average molecular weight is 327 g/mol. The number of carbonyl (C=O) groups excluding carboxylic acids is 1. The molecule has 3 nitrogen and oxygen atoms in total. The number of benzene rings is 2. The van der Waals surface area contributed by atoms with Gasteiger partial charge in [-0.05, 0) is 40.2 Å². The second-order valence-corrected chi connectivity index (χ2v) is 4.64. The number of nitrogens with one attached hydrogen (secondary N) is 1. The highest BCUT2D eigenvalue weighted by Crippen LogP contribution is 2.23. The molecule has 2 aromatic carbocycles. The van der Waals surface area contributed by atoms with E-state index in [9.17, 15) is 13.6 Å². The molecule has 0 aromatic heterocycles. The maximum absolute atomic E-state index is 13.7. The van der Waals surface area contributed by atoms with Crippen molar-refractivity contribution < 1.29 is 13.6 Å². The highest BCUT2D eigenvalue weighted by Gasteiger charge is 2.16. The summed E-state index contributed by atoms with van der Waals surface area (Å²) >= 11 is 3.24. The fraction of sp³-hybridized carbons (Fsp3) is 0. The van der Waals surface area contributed by atoms with Crippen LogP contribution in [0.4, 0.5) is 20.2 Å². The highest BCUT2D eigenvalue weighted by atomic mass is 79.9. The summed E-state index contributed by atoms with van der Waals surface area (Å²) in [6, 6.07) is 8.44. The zero-order valence-electron chi connectivity index (χ0n) is 9.58. The first-order valence-electron chi connectivity index (χ1n) is 5.29. The molecule has 0 fully saturated rings. The lowest BCUT2D eigenvalue weighted by Gasteiger charge is -2.09. The summed E-state index contributed by atoms with van der Waals surface area (Å²) < 4.78 is 27.5. The molecule has 0 heterocycles. The number of hydrogen-bond donors (Lipinski definition) is 2. The van der Waals surface area contributed by atoms with E-state index in [0.717, 1.165) is 12.1 Å². The molecule has 0 atom stereocenters. The molecule has 3 N–H and O–H groups in total. The summed E-state index contributed by atoms with van der Waals surface area (Å²) in [6.45, 7) is 0. The van der Waals surface area contributed by atoms with E-state index < -0.39 is 28.8 Å². The second-order valence-electron chi connectivity index (χ2n) is 3.79. The van der Waals surface area contributed by atoms with Crippen LogP contribution in [0.2, 0.25) is 0 Å². The van der Waals surface area contributed by atoms with Gasteiger partial charge >= 0.3 is 0 Å². The van der Waals surface area contributed by atoms with Gasteiger partial charge in [-0.25, -0.2) is 8.78 Å². The van der Waals surface area contributed by atoms with Crippen LogP contribution in [0.15, 0.2) is 40.9 Å². The number of amides is 1. The van der Waals surface area contributed by atoms with E-state index in [4.69, 9.17) is 5.73 Å². The Kier molecular flexibility index (Phi) is 3.80. The van der Waals surface area contributed by atoms with E-state index in [1.165, 1.54) is 0 Å². The van der Waals surface area contributed by atoms with Crippen LogP contribution in [-0.4, -0.2) is 5.91 Å². The van der Waals surface area contributed by atoms with Gasteiger partial charge in [0.2, 0.25) is 0 Å². The molecule has 2 rings (SSSR count). The van der Waals surface area contributed by atoms with Crippen LogP contribution < -0.4 is 11.1 Å². The van der Waals surface area contributed by atoms with Crippen LogP contribution in [0.1, 0.15) is 10.4 Å². The third-order valence-corrected chi connectivity index (χ3v) is 3.12. The molecule has 0 saturated carbocycles. The van der Waals surface area contributed by atoms with Gasteiger partial charge in [0.15, 0.2) is 5.82 Å². The van der Waals surface area contributed by atoms with Crippen molar-refractivity contribution in [1.29, 1.82) is 0 Å². The summed E-state index contributed by atoms with van der Waals surface area (Å²) in [4.78, 5) is 11.9. The van der Waals surface area contributed by atoms with Crippen LogP contribution in [0.25, 0.3) is 0 Å². The summed E-state index contributed by atoms with van der Waals surface area (Å²) in [5.74, 6) is -2.47. The van der Waals surface area contributed by atoms with Gasteiger partial charge in [-0.15, -0.1) is 0 Å². The maximum atomic E-state index is 13.7. The number of nitrogen functional groups attached to an aromatic ring is 1. The highest BCUT2D eigenvalue weighted by molar-refractivity contribution is 9.10. The lowest BCUT2D eigenvalue weighted by atomic mass is 10.1. The van der Waals surface area contributed by atoms with Crippen molar-refractivity contribution in [2.45, 2.75) is 0 Å². The van der Waals surface area contributed by atoms with Crippen LogP contribution in [0.3, 0.4) is 0 Å². The number of halogens is 3. The summed E-state index contributed by atoms with van der Waals surface area (Å²) in [5, 5.41) is 2.47. The van der Waals surface area contributed by atoms with E-state index in [1.54, 1.807) is 24.3 Å². The first-order chi connectivity index (χ1) is 8.99. The number of rotatable bonds is 2. The Hall–Kier alpha value is -1.95. The largest absolute Gasteiger partial charge is 0.396 e. The molecule has 2 aromatic rings. The summed E-state index contributed by atoms with van der Waals surface area (Å²) in [5.41, 5.74) is 4.89. The summed E-state index contributed by atoms with van der Waals surface area (Å²) in [7, 11) is 0. The molecule has 6 heteroatoms. The molecular weight excluding hydrogens is 318 g/mol. The SMILES string of the molecule is Nc1cc(F)cc(C(=O)Nc2ccccc2Br)c1F. The zero-order chi connectivity index (χ0) is 14.0. The lowest BCUT2D eigenvalue weighted by Crippen LogP contribution is -2.15. The predicted molar refractivity (Wildman–Crippen MR) is 72.9 cm³/mol. The Morgan fingerprint density at radius 1 is 1.21 bits per heavy atom. The van der Waals surface area contributed by atoms with Gasteiger partial charge in [0.25, 0.3) is 5.91 Å². The Labute approximate surface area is 116 Å².